The molecule has 0 saturated carbocycles. The van der Waals surface area contributed by atoms with Crippen LogP contribution in [0.5, 0.6) is 0 Å². The Morgan fingerprint density at radius 1 is 1.29 bits per heavy atom. The molecule has 7 nitrogen and oxygen atoms in total. The van der Waals surface area contributed by atoms with E-state index >= 15 is 0 Å². The summed E-state index contributed by atoms with van der Waals surface area (Å²) in [6.07, 6.45) is 2.27. The van der Waals surface area contributed by atoms with Crippen LogP contribution < -0.4 is 14.8 Å². The lowest BCUT2D eigenvalue weighted by atomic mass is 10.1. The van der Waals surface area contributed by atoms with E-state index in [1.54, 1.807) is 19.1 Å². The number of hydrogen-bond acceptors (Lipinski definition) is 6. The summed E-state index contributed by atoms with van der Waals surface area (Å²) in [6, 6.07) is 3.24. The Morgan fingerprint density at radius 2 is 2.04 bits per heavy atom. The Labute approximate surface area is 154 Å². The summed E-state index contributed by atoms with van der Waals surface area (Å²) >= 11 is 1.18. The van der Waals surface area contributed by atoms with E-state index in [-0.39, 0.29) is 35.0 Å². The van der Waals surface area contributed by atoms with Crippen LogP contribution in [0.15, 0.2) is 16.3 Å². The topological polar surface area (TPSA) is 104 Å². The molecule has 0 bridgehead atoms. The fraction of sp³-hybridized carbons (Fsp3) is 0.692. The van der Waals surface area contributed by atoms with Crippen LogP contribution in [0, 0.1) is 0 Å². The summed E-state index contributed by atoms with van der Waals surface area (Å²) in [7, 11) is -6.72. The average Bonchev–Trinajstić information content (AvgIpc) is 2.97. The Hall–Kier alpha value is -0.230. The molecular formula is C13H24ClN3O4S3. The first-order chi connectivity index (χ1) is 10.8. The fourth-order valence-electron chi connectivity index (χ4n) is 2.30. The van der Waals surface area contributed by atoms with Crippen molar-refractivity contribution >= 4 is 43.8 Å². The standard InChI is InChI=1S/C13H23N3O4S3.ClH/c1-2-22(17,18)15-9-7-12-5-6-13(21-12)23(19,20)16-11-4-3-8-14-10-11;/h5-6,11,14-16H,2-4,7-10H2,1H3;1H. The Bertz CT molecular complexity index is 713. The van der Waals surface area contributed by atoms with E-state index in [1.165, 1.54) is 11.3 Å². The highest BCUT2D eigenvalue weighted by Gasteiger charge is 2.23. The molecule has 1 aliphatic heterocycles. The summed E-state index contributed by atoms with van der Waals surface area (Å²) in [6.45, 7) is 3.42. The van der Waals surface area contributed by atoms with Crippen molar-refractivity contribution in [2.24, 2.45) is 0 Å². The molecule has 24 heavy (non-hydrogen) atoms. The fourth-order valence-corrected chi connectivity index (χ4v) is 5.56. The number of rotatable bonds is 8. The molecule has 140 valence electrons. The number of piperidine rings is 1. The molecule has 1 saturated heterocycles. The molecule has 1 fully saturated rings. The van der Waals surface area contributed by atoms with Gasteiger partial charge in [0, 0.05) is 24.0 Å². The van der Waals surface area contributed by atoms with Gasteiger partial charge in [-0.25, -0.2) is 26.3 Å². The lowest BCUT2D eigenvalue weighted by Gasteiger charge is -2.23. The minimum absolute atomic E-state index is 0. The number of nitrogens with one attached hydrogen (secondary N) is 3. The highest BCUT2D eigenvalue weighted by molar-refractivity contribution is 7.91. The second-order valence-electron chi connectivity index (χ2n) is 5.43. The van der Waals surface area contributed by atoms with Gasteiger partial charge in [0.1, 0.15) is 4.21 Å². The summed E-state index contributed by atoms with van der Waals surface area (Å²) < 4.78 is 52.9. The zero-order chi connectivity index (χ0) is 16.9. The average molecular weight is 418 g/mol. The molecule has 1 aromatic rings. The van der Waals surface area contributed by atoms with E-state index in [0.29, 0.717) is 13.0 Å². The predicted molar refractivity (Wildman–Crippen MR) is 98.9 cm³/mol. The zero-order valence-electron chi connectivity index (χ0n) is 13.4. The summed E-state index contributed by atoms with van der Waals surface area (Å²) in [4.78, 5) is 0.839. The van der Waals surface area contributed by atoms with Crippen molar-refractivity contribution in [2.45, 2.75) is 36.4 Å². The second kappa shape index (κ2) is 9.46. The first-order valence-electron chi connectivity index (χ1n) is 7.61. The largest absolute Gasteiger partial charge is 0.315 e. The first-order valence-corrected chi connectivity index (χ1v) is 11.6. The van der Waals surface area contributed by atoms with Crippen LogP contribution in [0.25, 0.3) is 0 Å². The van der Waals surface area contributed by atoms with Crippen molar-refractivity contribution in [1.29, 1.82) is 0 Å². The zero-order valence-corrected chi connectivity index (χ0v) is 16.7. The molecule has 0 amide bonds. The third kappa shape index (κ3) is 6.58. The molecule has 1 aromatic heterocycles. The summed E-state index contributed by atoms with van der Waals surface area (Å²) in [5, 5.41) is 3.17. The normalized spacial score (nSPS) is 19.0. The molecule has 2 heterocycles. The quantitative estimate of drug-likeness (QED) is 0.577. The van der Waals surface area contributed by atoms with Gasteiger partial charge in [0.05, 0.1) is 5.75 Å². The maximum Gasteiger partial charge on any atom is 0.250 e. The van der Waals surface area contributed by atoms with Gasteiger partial charge < -0.3 is 5.32 Å². The van der Waals surface area contributed by atoms with E-state index in [4.69, 9.17) is 0 Å². The minimum atomic E-state index is -3.51. The van der Waals surface area contributed by atoms with Crippen LogP contribution in [0.4, 0.5) is 0 Å². The van der Waals surface area contributed by atoms with Crippen LogP contribution in [-0.4, -0.2) is 48.3 Å². The van der Waals surface area contributed by atoms with E-state index in [2.05, 4.69) is 14.8 Å². The highest BCUT2D eigenvalue weighted by atomic mass is 35.5. The lowest BCUT2D eigenvalue weighted by molar-refractivity contribution is 0.429. The molecular weight excluding hydrogens is 394 g/mol. The van der Waals surface area contributed by atoms with Crippen LogP contribution in [0.3, 0.4) is 0 Å². The second-order valence-corrected chi connectivity index (χ2v) is 10.6. The van der Waals surface area contributed by atoms with Crippen molar-refractivity contribution < 1.29 is 16.8 Å². The van der Waals surface area contributed by atoms with Gasteiger partial charge in [0.25, 0.3) is 0 Å². The molecule has 1 unspecified atom stereocenters. The third-order valence-corrected chi connectivity index (χ3v) is 8.16. The highest BCUT2D eigenvalue weighted by Crippen LogP contribution is 2.22. The van der Waals surface area contributed by atoms with Gasteiger partial charge >= 0.3 is 0 Å². The Kier molecular flexibility index (Phi) is 8.60. The van der Waals surface area contributed by atoms with Gasteiger partial charge in [0.2, 0.25) is 20.0 Å². The van der Waals surface area contributed by atoms with Crippen molar-refractivity contribution in [1.82, 2.24) is 14.8 Å². The van der Waals surface area contributed by atoms with Gasteiger partial charge in [-0.15, -0.1) is 23.7 Å². The number of sulfonamides is 2. The summed E-state index contributed by atoms with van der Waals surface area (Å²) in [5.41, 5.74) is 0. The molecule has 0 aromatic carbocycles. The van der Waals surface area contributed by atoms with E-state index in [1.807, 2.05) is 0 Å². The van der Waals surface area contributed by atoms with Crippen molar-refractivity contribution in [3.05, 3.63) is 17.0 Å². The molecule has 0 aliphatic carbocycles. The predicted octanol–water partition coefficient (Wildman–Crippen LogP) is 0.682. The van der Waals surface area contributed by atoms with Gasteiger partial charge in [-0.1, -0.05) is 0 Å². The number of halogens is 1. The smallest absolute Gasteiger partial charge is 0.250 e. The summed E-state index contributed by atoms with van der Waals surface area (Å²) in [5.74, 6) is 0.0381. The molecule has 2 rings (SSSR count). The number of hydrogen-bond donors (Lipinski definition) is 3. The van der Waals surface area contributed by atoms with Crippen molar-refractivity contribution in [3.63, 3.8) is 0 Å². The van der Waals surface area contributed by atoms with Gasteiger partial charge in [0.15, 0.2) is 0 Å². The SMILES string of the molecule is CCS(=O)(=O)NCCc1ccc(S(=O)(=O)NC2CCCNC2)s1.Cl. The third-order valence-electron chi connectivity index (χ3n) is 3.59. The van der Waals surface area contributed by atoms with E-state index < -0.39 is 20.0 Å². The maximum atomic E-state index is 12.4. The van der Waals surface area contributed by atoms with Crippen molar-refractivity contribution in [3.8, 4) is 0 Å². The monoisotopic (exact) mass is 417 g/mol. The van der Waals surface area contributed by atoms with Crippen LogP contribution in [0.2, 0.25) is 0 Å². The maximum absolute atomic E-state index is 12.4. The van der Waals surface area contributed by atoms with Gasteiger partial charge in [-0.2, -0.15) is 0 Å². The van der Waals surface area contributed by atoms with E-state index in [0.717, 1.165) is 24.3 Å². The van der Waals surface area contributed by atoms with Crippen LogP contribution in [0.1, 0.15) is 24.6 Å². The Morgan fingerprint density at radius 3 is 2.67 bits per heavy atom. The van der Waals surface area contributed by atoms with E-state index in [9.17, 15) is 16.8 Å². The van der Waals surface area contributed by atoms with Gasteiger partial charge in [-0.05, 0) is 44.9 Å². The van der Waals surface area contributed by atoms with Crippen LogP contribution in [-0.2, 0) is 26.5 Å². The molecule has 0 spiro atoms. The molecule has 3 N–H and O–H groups in total. The Balaban J connectivity index is 0.00000288. The van der Waals surface area contributed by atoms with Gasteiger partial charge in [-0.3, -0.25) is 0 Å². The number of thiophene rings is 1. The molecule has 1 atom stereocenters. The molecule has 11 heteroatoms. The molecule has 1 aliphatic rings. The minimum Gasteiger partial charge on any atom is -0.315 e. The lowest BCUT2D eigenvalue weighted by Crippen LogP contribution is -2.45. The first kappa shape index (κ1) is 21.8. The molecule has 0 radical (unpaired) electrons. The van der Waals surface area contributed by atoms with Crippen molar-refractivity contribution in [2.75, 3.05) is 25.4 Å². The van der Waals surface area contributed by atoms with Crippen LogP contribution >= 0.6 is 23.7 Å².